The van der Waals surface area contributed by atoms with Gasteiger partial charge in [0.25, 0.3) is 0 Å². The highest BCUT2D eigenvalue weighted by atomic mass is 16.2. The molecule has 2 N–H and O–H groups in total. The molecule has 0 unspecified atom stereocenters. The van der Waals surface area contributed by atoms with E-state index in [0.717, 1.165) is 18.6 Å². The molecule has 114 valence electrons. The van der Waals surface area contributed by atoms with Crippen LogP contribution >= 0.6 is 0 Å². The molecule has 0 aliphatic rings. The first kappa shape index (κ1) is 16.9. The van der Waals surface area contributed by atoms with Crippen molar-refractivity contribution in [2.75, 3.05) is 0 Å². The normalized spacial score (nSPS) is 11.3. The maximum atomic E-state index is 11.5. The first-order chi connectivity index (χ1) is 9.97. The van der Waals surface area contributed by atoms with E-state index < -0.39 is 5.91 Å². The molecule has 0 aliphatic heterocycles. The summed E-state index contributed by atoms with van der Waals surface area (Å²) in [6.07, 6.45) is 1.44. The van der Waals surface area contributed by atoms with Crippen molar-refractivity contribution in [1.82, 2.24) is 10.7 Å². The van der Waals surface area contributed by atoms with E-state index in [1.165, 1.54) is 5.56 Å². The van der Waals surface area contributed by atoms with Gasteiger partial charge in [-0.1, -0.05) is 30.3 Å². The van der Waals surface area contributed by atoms with Crippen LogP contribution in [0.2, 0.25) is 0 Å². The second-order valence-electron chi connectivity index (χ2n) is 5.27. The number of carbonyl (C=O) groups excluding carboxylic acids is 2. The van der Waals surface area contributed by atoms with Crippen LogP contribution in [0, 0.1) is 0 Å². The third kappa shape index (κ3) is 7.87. The van der Waals surface area contributed by atoms with E-state index >= 15 is 0 Å². The number of hydrogen-bond donors (Lipinski definition) is 2. The lowest BCUT2D eigenvalue weighted by Gasteiger charge is -2.07. The Balaban J connectivity index is 2.31. The Labute approximate surface area is 125 Å². The Morgan fingerprint density at radius 2 is 1.81 bits per heavy atom. The maximum absolute atomic E-state index is 11.5. The number of nitrogens with one attached hydrogen (secondary N) is 2. The largest absolute Gasteiger partial charge is 0.353 e. The minimum Gasteiger partial charge on any atom is -0.353 e. The van der Waals surface area contributed by atoms with Crippen LogP contribution in [-0.4, -0.2) is 23.6 Å². The van der Waals surface area contributed by atoms with Gasteiger partial charge in [0.1, 0.15) is 6.42 Å². The van der Waals surface area contributed by atoms with Crippen molar-refractivity contribution in [1.29, 1.82) is 0 Å². The van der Waals surface area contributed by atoms with Gasteiger partial charge in [-0.15, -0.1) is 0 Å². The standard InChI is InChI=1S/C16H23N3O2/c1-12(2)17-15(20)11-16(21)19-18-13(3)9-10-14-7-5-4-6-8-14/h4-8,12H,9-11H2,1-3H3,(H,17,20)(H,19,21)/b18-13+. The molecular weight excluding hydrogens is 266 g/mol. The minimum atomic E-state index is -0.396. The zero-order chi connectivity index (χ0) is 15.7. The number of hydrazone groups is 1. The topological polar surface area (TPSA) is 70.6 Å². The lowest BCUT2D eigenvalue weighted by Crippen LogP contribution is -2.34. The summed E-state index contributed by atoms with van der Waals surface area (Å²) in [5, 5.41) is 6.67. The van der Waals surface area contributed by atoms with Gasteiger partial charge >= 0.3 is 0 Å². The summed E-state index contributed by atoms with van der Waals surface area (Å²) in [5.74, 6) is -0.688. The summed E-state index contributed by atoms with van der Waals surface area (Å²) in [6, 6.07) is 10.1. The van der Waals surface area contributed by atoms with E-state index in [4.69, 9.17) is 0 Å². The maximum Gasteiger partial charge on any atom is 0.249 e. The molecule has 0 atom stereocenters. The number of benzene rings is 1. The number of amides is 2. The molecule has 21 heavy (non-hydrogen) atoms. The predicted octanol–water partition coefficient (Wildman–Crippen LogP) is 2.03. The summed E-state index contributed by atoms with van der Waals surface area (Å²) in [4.78, 5) is 22.9. The molecule has 0 saturated carbocycles. The molecule has 1 aromatic rings. The van der Waals surface area contributed by atoms with Crippen molar-refractivity contribution in [3.05, 3.63) is 35.9 Å². The first-order valence-electron chi connectivity index (χ1n) is 7.12. The van der Waals surface area contributed by atoms with Crippen LogP contribution in [0.25, 0.3) is 0 Å². The molecule has 0 bridgehead atoms. The van der Waals surface area contributed by atoms with Gasteiger partial charge < -0.3 is 5.32 Å². The van der Waals surface area contributed by atoms with Crippen molar-refractivity contribution in [3.8, 4) is 0 Å². The average Bonchev–Trinajstić information content (AvgIpc) is 2.43. The summed E-state index contributed by atoms with van der Waals surface area (Å²) < 4.78 is 0. The predicted molar refractivity (Wildman–Crippen MR) is 83.9 cm³/mol. The summed E-state index contributed by atoms with van der Waals surface area (Å²) in [6.45, 7) is 5.56. The van der Waals surface area contributed by atoms with Crippen LogP contribution in [0.5, 0.6) is 0 Å². The van der Waals surface area contributed by atoms with Gasteiger partial charge in [0.05, 0.1) is 0 Å². The van der Waals surface area contributed by atoms with E-state index in [9.17, 15) is 9.59 Å². The Morgan fingerprint density at radius 1 is 1.14 bits per heavy atom. The Morgan fingerprint density at radius 3 is 2.43 bits per heavy atom. The molecule has 2 amide bonds. The van der Waals surface area contributed by atoms with Gasteiger partial charge in [0, 0.05) is 11.8 Å². The third-order valence-electron chi connectivity index (χ3n) is 2.76. The van der Waals surface area contributed by atoms with E-state index in [0.29, 0.717) is 0 Å². The SMILES string of the molecule is C/C(CCc1ccccc1)=N\NC(=O)CC(=O)NC(C)C. The summed E-state index contributed by atoms with van der Waals surface area (Å²) in [5.41, 5.74) is 4.47. The highest BCUT2D eigenvalue weighted by Crippen LogP contribution is 2.03. The first-order valence-corrected chi connectivity index (χ1v) is 7.12. The highest BCUT2D eigenvalue weighted by Gasteiger charge is 2.09. The molecular formula is C16H23N3O2. The second kappa shape index (κ2) is 8.89. The molecule has 0 spiro atoms. The van der Waals surface area contributed by atoms with E-state index in [2.05, 4.69) is 28.0 Å². The molecule has 0 fully saturated rings. The van der Waals surface area contributed by atoms with Crippen molar-refractivity contribution >= 4 is 17.5 Å². The molecule has 0 saturated heterocycles. The fourth-order valence-electron chi connectivity index (χ4n) is 1.74. The van der Waals surface area contributed by atoms with Gasteiger partial charge in [0.2, 0.25) is 11.8 Å². The highest BCUT2D eigenvalue weighted by molar-refractivity contribution is 5.97. The average molecular weight is 289 g/mol. The summed E-state index contributed by atoms with van der Waals surface area (Å²) >= 11 is 0. The van der Waals surface area contributed by atoms with Crippen molar-refractivity contribution in [2.45, 2.75) is 46.1 Å². The Hall–Kier alpha value is -2.17. The molecule has 5 heteroatoms. The smallest absolute Gasteiger partial charge is 0.249 e. The lowest BCUT2D eigenvalue weighted by molar-refractivity contribution is -0.129. The van der Waals surface area contributed by atoms with Crippen LogP contribution in [0.3, 0.4) is 0 Å². The number of nitrogens with zero attached hydrogens (tertiary/aromatic N) is 1. The van der Waals surface area contributed by atoms with Gasteiger partial charge in [-0.3, -0.25) is 9.59 Å². The lowest BCUT2D eigenvalue weighted by atomic mass is 10.1. The van der Waals surface area contributed by atoms with Crippen LogP contribution in [0.1, 0.15) is 39.2 Å². The van der Waals surface area contributed by atoms with Gasteiger partial charge in [0.15, 0.2) is 0 Å². The quantitative estimate of drug-likeness (QED) is 0.458. The van der Waals surface area contributed by atoms with Crippen LogP contribution in [0.4, 0.5) is 0 Å². The number of carbonyl (C=O) groups is 2. The van der Waals surface area contributed by atoms with Crippen LogP contribution in [0.15, 0.2) is 35.4 Å². The van der Waals surface area contributed by atoms with Crippen molar-refractivity contribution < 1.29 is 9.59 Å². The Bertz CT molecular complexity index is 496. The van der Waals surface area contributed by atoms with Gasteiger partial charge in [-0.05, 0) is 39.2 Å². The van der Waals surface area contributed by atoms with Gasteiger partial charge in [-0.2, -0.15) is 5.10 Å². The van der Waals surface area contributed by atoms with Crippen LogP contribution in [-0.2, 0) is 16.0 Å². The third-order valence-corrected chi connectivity index (χ3v) is 2.76. The van der Waals surface area contributed by atoms with Crippen LogP contribution < -0.4 is 10.7 Å². The monoisotopic (exact) mass is 289 g/mol. The zero-order valence-corrected chi connectivity index (χ0v) is 12.8. The molecule has 0 radical (unpaired) electrons. The second-order valence-corrected chi connectivity index (χ2v) is 5.27. The fourth-order valence-corrected chi connectivity index (χ4v) is 1.74. The molecule has 5 nitrogen and oxygen atoms in total. The Kier molecular flexibility index (Phi) is 7.15. The molecule has 1 aromatic carbocycles. The van der Waals surface area contributed by atoms with E-state index in [-0.39, 0.29) is 18.4 Å². The molecule has 0 aromatic heterocycles. The van der Waals surface area contributed by atoms with E-state index in [1.807, 2.05) is 39.0 Å². The molecule has 1 rings (SSSR count). The number of hydrogen-bond acceptors (Lipinski definition) is 3. The number of rotatable bonds is 7. The van der Waals surface area contributed by atoms with Crippen molar-refractivity contribution in [2.24, 2.45) is 5.10 Å². The molecule has 0 heterocycles. The zero-order valence-electron chi connectivity index (χ0n) is 12.8. The molecule has 0 aliphatic carbocycles. The van der Waals surface area contributed by atoms with Gasteiger partial charge in [-0.25, -0.2) is 5.43 Å². The minimum absolute atomic E-state index is 0.0291. The van der Waals surface area contributed by atoms with Crippen molar-refractivity contribution in [3.63, 3.8) is 0 Å². The van der Waals surface area contributed by atoms with E-state index in [1.54, 1.807) is 0 Å². The fraction of sp³-hybridized carbons (Fsp3) is 0.438. The summed E-state index contributed by atoms with van der Waals surface area (Å²) in [7, 11) is 0. The number of aryl methyl sites for hydroxylation is 1.